The molecule has 0 radical (unpaired) electrons. The SMILES string of the molecule is Cc1cccc(C2=CC[C@H]3[C@@H]4CC=C5C[C@@H](O)CC[C@]5(C)[C@H]4CC[C@]23C)c1. The summed E-state index contributed by atoms with van der Waals surface area (Å²) in [6.45, 7) is 7.29. The minimum Gasteiger partial charge on any atom is -0.393 e. The third kappa shape index (κ3) is 2.54. The van der Waals surface area contributed by atoms with Crippen LogP contribution in [0.5, 0.6) is 0 Å². The third-order valence-corrected chi connectivity index (χ3v) is 8.99. The Morgan fingerprint density at radius 1 is 0.963 bits per heavy atom. The fourth-order valence-electron chi connectivity index (χ4n) is 7.47. The standard InChI is InChI=1S/C26H34O/c1-17-5-4-6-18(15-17)22-9-10-23-21-8-7-19-16-20(27)11-13-25(19,2)24(21)12-14-26(22,23)3/h4-7,9,15,20-21,23-24,27H,8,10-14,16H2,1-3H3/t20-,21-,23-,24-,25-,26+/m0/s1. The van der Waals surface area contributed by atoms with E-state index >= 15 is 0 Å². The van der Waals surface area contributed by atoms with Crippen LogP contribution in [0.15, 0.2) is 42.0 Å². The predicted molar refractivity (Wildman–Crippen MR) is 112 cm³/mol. The molecule has 4 aliphatic carbocycles. The Hall–Kier alpha value is -1.34. The molecular formula is C26H34O. The highest BCUT2D eigenvalue weighted by Gasteiger charge is 2.56. The first-order valence-corrected chi connectivity index (χ1v) is 11.1. The van der Waals surface area contributed by atoms with Gasteiger partial charge in [0.1, 0.15) is 0 Å². The van der Waals surface area contributed by atoms with Gasteiger partial charge >= 0.3 is 0 Å². The van der Waals surface area contributed by atoms with Gasteiger partial charge in [0.15, 0.2) is 0 Å². The average Bonchev–Trinajstić information content (AvgIpc) is 2.99. The zero-order valence-corrected chi connectivity index (χ0v) is 17.2. The maximum Gasteiger partial charge on any atom is 0.0577 e. The minimum atomic E-state index is -0.101. The van der Waals surface area contributed by atoms with Crippen molar-refractivity contribution in [1.82, 2.24) is 0 Å². The second-order valence-corrected chi connectivity index (χ2v) is 10.3. The molecule has 0 aromatic heterocycles. The van der Waals surface area contributed by atoms with Gasteiger partial charge in [0.05, 0.1) is 6.10 Å². The van der Waals surface area contributed by atoms with Gasteiger partial charge in [-0.25, -0.2) is 0 Å². The van der Waals surface area contributed by atoms with Crippen molar-refractivity contribution >= 4 is 5.57 Å². The van der Waals surface area contributed by atoms with Crippen LogP contribution >= 0.6 is 0 Å². The molecule has 1 N–H and O–H groups in total. The molecule has 0 spiro atoms. The van der Waals surface area contributed by atoms with Crippen LogP contribution in [0, 0.1) is 35.5 Å². The summed E-state index contributed by atoms with van der Waals surface area (Å²) < 4.78 is 0. The molecule has 6 atom stereocenters. The van der Waals surface area contributed by atoms with Crippen LogP contribution in [-0.2, 0) is 0 Å². The van der Waals surface area contributed by atoms with Crippen molar-refractivity contribution in [1.29, 1.82) is 0 Å². The van der Waals surface area contributed by atoms with Crippen LogP contribution < -0.4 is 0 Å². The Kier molecular flexibility index (Phi) is 3.99. The highest BCUT2D eigenvalue weighted by molar-refractivity contribution is 5.73. The molecule has 5 rings (SSSR count). The number of aryl methyl sites for hydroxylation is 1. The van der Waals surface area contributed by atoms with E-state index in [1.165, 1.54) is 43.2 Å². The summed E-state index contributed by atoms with van der Waals surface area (Å²) in [7, 11) is 0. The molecule has 0 aliphatic heterocycles. The molecule has 1 aromatic carbocycles. The highest BCUT2D eigenvalue weighted by Crippen LogP contribution is 2.66. The zero-order chi connectivity index (χ0) is 18.8. The Balaban J connectivity index is 1.48. The van der Waals surface area contributed by atoms with E-state index in [-0.39, 0.29) is 6.10 Å². The van der Waals surface area contributed by atoms with Crippen molar-refractivity contribution in [2.45, 2.75) is 71.8 Å². The van der Waals surface area contributed by atoms with Crippen LogP contribution in [0.3, 0.4) is 0 Å². The normalized spacial score (nSPS) is 43.3. The molecule has 1 aromatic rings. The van der Waals surface area contributed by atoms with Crippen LogP contribution in [0.25, 0.3) is 5.57 Å². The van der Waals surface area contributed by atoms with E-state index in [1.54, 1.807) is 11.1 Å². The summed E-state index contributed by atoms with van der Waals surface area (Å²) in [5, 5.41) is 10.2. The second-order valence-electron chi connectivity index (χ2n) is 10.3. The second kappa shape index (κ2) is 6.08. The van der Waals surface area contributed by atoms with Crippen LogP contribution in [0.4, 0.5) is 0 Å². The molecule has 4 aliphatic rings. The van der Waals surface area contributed by atoms with Gasteiger partial charge in [-0.3, -0.25) is 0 Å². The topological polar surface area (TPSA) is 20.2 Å². The quantitative estimate of drug-likeness (QED) is 0.580. The smallest absolute Gasteiger partial charge is 0.0577 e. The van der Waals surface area contributed by atoms with E-state index in [2.05, 4.69) is 57.2 Å². The van der Waals surface area contributed by atoms with E-state index in [4.69, 9.17) is 0 Å². The Labute approximate surface area is 164 Å². The molecule has 0 unspecified atom stereocenters. The molecule has 0 bridgehead atoms. The number of hydrogen-bond acceptors (Lipinski definition) is 1. The Bertz CT molecular complexity index is 817. The Morgan fingerprint density at radius 2 is 1.78 bits per heavy atom. The fraction of sp³-hybridized carbons (Fsp3) is 0.615. The van der Waals surface area contributed by atoms with Crippen molar-refractivity contribution in [2.24, 2.45) is 28.6 Å². The van der Waals surface area contributed by atoms with Crippen LogP contribution in [-0.4, -0.2) is 11.2 Å². The van der Waals surface area contributed by atoms with Crippen LogP contribution in [0.2, 0.25) is 0 Å². The lowest BCUT2D eigenvalue weighted by molar-refractivity contribution is -0.0238. The summed E-state index contributed by atoms with van der Waals surface area (Å²) >= 11 is 0. The lowest BCUT2D eigenvalue weighted by Gasteiger charge is -2.57. The maximum atomic E-state index is 10.2. The molecule has 2 saturated carbocycles. The van der Waals surface area contributed by atoms with E-state index < -0.39 is 0 Å². The summed E-state index contributed by atoms with van der Waals surface area (Å²) in [6.07, 6.45) is 13.3. The number of hydrogen-bond donors (Lipinski definition) is 1. The monoisotopic (exact) mass is 362 g/mol. The Morgan fingerprint density at radius 3 is 2.59 bits per heavy atom. The molecule has 0 saturated heterocycles. The van der Waals surface area contributed by atoms with Gasteiger partial charge in [-0.15, -0.1) is 0 Å². The lowest BCUT2D eigenvalue weighted by atomic mass is 9.47. The fourth-order valence-corrected chi connectivity index (χ4v) is 7.47. The van der Waals surface area contributed by atoms with Crippen molar-refractivity contribution < 1.29 is 5.11 Å². The number of rotatable bonds is 1. The van der Waals surface area contributed by atoms with Gasteiger partial charge in [0.2, 0.25) is 0 Å². The molecule has 0 heterocycles. The first-order chi connectivity index (χ1) is 12.9. The summed E-state index contributed by atoms with van der Waals surface area (Å²) in [5.41, 5.74) is 6.70. The predicted octanol–water partition coefficient (Wildman–Crippen LogP) is 6.31. The minimum absolute atomic E-state index is 0.101. The third-order valence-electron chi connectivity index (χ3n) is 8.99. The molecule has 1 nitrogen and oxygen atoms in total. The zero-order valence-electron chi connectivity index (χ0n) is 17.2. The number of benzene rings is 1. The molecule has 27 heavy (non-hydrogen) atoms. The molecular weight excluding hydrogens is 328 g/mol. The van der Waals surface area contributed by atoms with Gasteiger partial charge in [0.25, 0.3) is 0 Å². The van der Waals surface area contributed by atoms with Gasteiger partial charge in [-0.2, -0.15) is 0 Å². The van der Waals surface area contributed by atoms with Crippen molar-refractivity contribution in [3.8, 4) is 0 Å². The number of aliphatic hydroxyl groups is 1. The largest absolute Gasteiger partial charge is 0.393 e. The first kappa shape index (κ1) is 17.7. The van der Waals surface area contributed by atoms with Crippen molar-refractivity contribution in [2.75, 3.05) is 0 Å². The molecule has 1 heteroatoms. The number of fused-ring (bicyclic) bond motifs is 5. The van der Waals surface area contributed by atoms with Gasteiger partial charge in [-0.1, -0.05) is 61.4 Å². The number of allylic oxidation sites excluding steroid dienone is 3. The summed E-state index contributed by atoms with van der Waals surface area (Å²) in [4.78, 5) is 0. The van der Waals surface area contributed by atoms with Gasteiger partial charge in [-0.05, 0) is 91.6 Å². The van der Waals surface area contributed by atoms with Gasteiger partial charge < -0.3 is 5.11 Å². The van der Waals surface area contributed by atoms with E-state index in [1.807, 2.05) is 0 Å². The molecule has 144 valence electrons. The summed E-state index contributed by atoms with van der Waals surface area (Å²) in [6, 6.07) is 9.13. The highest BCUT2D eigenvalue weighted by atomic mass is 16.3. The lowest BCUT2D eigenvalue weighted by Crippen LogP contribution is -2.49. The molecule has 0 amide bonds. The van der Waals surface area contributed by atoms with Crippen molar-refractivity contribution in [3.63, 3.8) is 0 Å². The maximum absolute atomic E-state index is 10.2. The summed E-state index contributed by atoms with van der Waals surface area (Å²) in [5.74, 6) is 2.41. The van der Waals surface area contributed by atoms with E-state index in [0.29, 0.717) is 10.8 Å². The number of aliphatic hydroxyl groups excluding tert-OH is 1. The van der Waals surface area contributed by atoms with E-state index in [9.17, 15) is 5.11 Å². The first-order valence-electron chi connectivity index (χ1n) is 11.1. The molecule has 2 fully saturated rings. The van der Waals surface area contributed by atoms with Crippen LogP contribution in [0.1, 0.15) is 69.9 Å². The van der Waals surface area contributed by atoms with E-state index in [0.717, 1.165) is 30.6 Å². The van der Waals surface area contributed by atoms with Gasteiger partial charge in [0, 0.05) is 0 Å². The average molecular weight is 363 g/mol. The van der Waals surface area contributed by atoms with Crippen molar-refractivity contribution in [3.05, 3.63) is 53.1 Å².